The number of benzene rings is 1. The minimum absolute atomic E-state index is 0.0872. The molecule has 0 saturated heterocycles. The zero-order valence-electron chi connectivity index (χ0n) is 9.54. The van der Waals surface area contributed by atoms with Gasteiger partial charge in [-0.1, -0.05) is 18.2 Å². The summed E-state index contributed by atoms with van der Waals surface area (Å²) in [5.74, 6) is 0. The van der Waals surface area contributed by atoms with Gasteiger partial charge in [0, 0.05) is 18.6 Å². The van der Waals surface area contributed by atoms with Gasteiger partial charge in [0.25, 0.3) is 12.9 Å². The van der Waals surface area contributed by atoms with Crippen LogP contribution in [0.4, 0.5) is 0 Å². The quantitative estimate of drug-likeness (QED) is 0.761. The zero-order valence-corrected chi connectivity index (χ0v) is 10.4. The number of nitrogens with one attached hydrogen (secondary N) is 2. The van der Waals surface area contributed by atoms with Gasteiger partial charge < -0.3 is 9.51 Å². The van der Waals surface area contributed by atoms with E-state index in [2.05, 4.69) is 4.98 Å². The van der Waals surface area contributed by atoms with Gasteiger partial charge in [0.2, 0.25) is 0 Å². The second-order valence-corrected chi connectivity index (χ2v) is 5.99. The molecular weight excluding hydrogens is 255 g/mol. The van der Waals surface area contributed by atoms with Crippen LogP contribution in [0.15, 0.2) is 46.1 Å². The van der Waals surface area contributed by atoms with Gasteiger partial charge in [0.05, 0.1) is 0 Å². The summed E-state index contributed by atoms with van der Waals surface area (Å²) in [7, 11) is -2.21. The first-order chi connectivity index (χ1) is 8.58. The molecule has 6 nitrogen and oxygen atoms in total. The molecule has 0 fully saturated rings. The number of aromatic nitrogens is 2. The van der Waals surface area contributed by atoms with Crippen molar-refractivity contribution in [2.75, 3.05) is 7.11 Å². The van der Waals surface area contributed by atoms with Crippen LogP contribution >= 0.6 is 7.37 Å². The molecule has 0 saturated carbocycles. The molecule has 0 aliphatic rings. The molecule has 0 aliphatic carbocycles. The highest BCUT2D eigenvalue weighted by molar-refractivity contribution is 7.74. The van der Waals surface area contributed by atoms with Gasteiger partial charge in [-0.25, -0.2) is 4.79 Å². The van der Waals surface area contributed by atoms with Crippen molar-refractivity contribution < 1.29 is 9.09 Å². The van der Waals surface area contributed by atoms with Crippen LogP contribution in [0.1, 0.15) is 0 Å². The summed E-state index contributed by atoms with van der Waals surface area (Å²) in [6, 6.07) is 8.37. The first-order valence-electron chi connectivity index (χ1n) is 5.12. The largest absolute Gasteiger partial charge is 0.325 e. The van der Waals surface area contributed by atoms with Crippen LogP contribution in [0.25, 0.3) is 0 Å². The first-order valence-corrected chi connectivity index (χ1v) is 6.74. The van der Waals surface area contributed by atoms with E-state index in [1.165, 1.54) is 7.11 Å². The molecule has 0 aliphatic heterocycles. The van der Waals surface area contributed by atoms with Crippen LogP contribution in [0.2, 0.25) is 0 Å². The Bertz CT molecular complexity index is 705. The van der Waals surface area contributed by atoms with E-state index < -0.39 is 18.6 Å². The lowest BCUT2D eigenvalue weighted by molar-refractivity contribution is 0.412. The van der Waals surface area contributed by atoms with Crippen molar-refractivity contribution >= 4 is 18.0 Å². The standard InChI is InChI=1S/C11H11N2O4P/c1-17-18(16,8-5-3-2-4-6-8)9-7-12-11(15)13-10(9)14/h2-7H,1H3,(H2,12,13,14,15). The first kappa shape index (κ1) is 12.5. The fourth-order valence-electron chi connectivity index (χ4n) is 1.59. The number of H-pyrrole nitrogens is 2. The fraction of sp³-hybridized carbons (Fsp3) is 0.0909. The second kappa shape index (κ2) is 4.76. The number of aromatic amines is 2. The van der Waals surface area contributed by atoms with Crippen molar-refractivity contribution in [3.05, 3.63) is 57.4 Å². The highest BCUT2D eigenvalue weighted by Gasteiger charge is 2.30. The average molecular weight is 266 g/mol. The van der Waals surface area contributed by atoms with Gasteiger partial charge in [-0.2, -0.15) is 0 Å². The number of rotatable bonds is 3. The third kappa shape index (κ3) is 2.08. The van der Waals surface area contributed by atoms with Crippen molar-refractivity contribution in [1.29, 1.82) is 0 Å². The van der Waals surface area contributed by atoms with E-state index >= 15 is 0 Å². The third-order valence-electron chi connectivity index (χ3n) is 2.47. The molecule has 0 radical (unpaired) electrons. The molecule has 1 aromatic carbocycles. The molecule has 1 aromatic heterocycles. The van der Waals surface area contributed by atoms with Crippen molar-refractivity contribution in [3.63, 3.8) is 0 Å². The Kier molecular flexibility index (Phi) is 3.32. The predicted molar refractivity (Wildman–Crippen MR) is 68.0 cm³/mol. The van der Waals surface area contributed by atoms with Gasteiger partial charge in [-0.15, -0.1) is 0 Å². The lowest BCUT2D eigenvalue weighted by Crippen LogP contribution is -2.37. The summed E-state index contributed by atoms with van der Waals surface area (Å²) in [5, 5.41) is 0.306. The molecule has 18 heavy (non-hydrogen) atoms. The SMILES string of the molecule is COP(=O)(c1ccccc1)c1c[nH]c(=O)[nH]c1=O. The van der Waals surface area contributed by atoms with Crippen molar-refractivity contribution in [2.24, 2.45) is 0 Å². The Balaban J connectivity index is 2.69. The smallest absolute Gasteiger partial charge is 0.325 e. The minimum Gasteiger partial charge on any atom is -0.325 e. The van der Waals surface area contributed by atoms with Gasteiger partial charge >= 0.3 is 5.69 Å². The molecule has 2 rings (SSSR count). The highest BCUT2D eigenvalue weighted by Crippen LogP contribution is 2.41. The van der Waals surface area contributed by atoms with Gasteiger partial charge in [-0.05, 0) is 12.1 Å². The lowest BCUT2D eigenvalue weighted by Gasteiger charge is -2.15. The lowest BCUT2D eigenvalue weighted by atomic mass is 10.4. The van der Waals surface area contributed by atoms with Crippen LogP contribution in [0.5, 0.6) is 0 Å². The number of hydrogen-bond acceptors (Lipinski definition) is 4. The average Bonchev–Trinajstić information content (AvgIpc) is 2.39. The van der Waals surface area contributed by atoms with Gasteiger partial charge in [-0.3, -0.25) is 14.3 Å². The Hall–Kier alpha value is -1.91. The Morgan fingerprint density at radius 2 is 1.83 bits per heavy atom. The van der Waals surface area contributed by atoms with Crippen LogP contribution in [-0.2, 0) is 9.09 Å². The summed E-state index contributed by atoms with van der Waals surface area (Å²) in [4.78, 5) is 27.0. The van der Waals surface area contributed by atoms with Gasteiger partial charge in [0.15, 0.2) is 0 Å². The third-order valence-corrected chi connectivity index (χ3v) is 4.93. The van der Waals surface area contributed by atoms with Crippen LogP contribution in [0, 0.1) is 0 Å². The Morgan fingerprint density at radius 3 is 2.39 bits per heavy atom. The minimum atomic E-state index is -3.48. The molecule has 7 heteroatoms. The van der Waals surface area contributed by atoms with E-state index in [9.17, 15) is 14.2 Å². The molecular formula is C11H11N2O4P. The molecule has 2 N–H and O–H groups in total. The maximum Gasteiger partial charge on any atom is 0.325 e. The maximum atomic E-state index is 12.8. The highest BCUT2D eigenvalue weighted by atomic mass is 31.2. The van der Waals surface area contributed by atoms with E-state index in [1.807, 2.05) is 4.98 Å². The van der Waals surface area contributed by atoms with E-state index in [-0.39, 0.29) is 5.30 Å². The second-order valence-electron chi connectivity index (χ2n) is 3.53. The molecule has 1 unspecified atom stereocenters. The predicted octanol–water partition coefficient (Wildman–Crippen LogP) is -0.0615. The van der Waals surface area contributed by atoms with E-state index in [0.717, 1.165) is 6.20 Å². The van der Waals surface area contributed by atoms with Crippen molar-refractivity contribution in [3.8, 4) is 0 Å². The van der Waals surface area contributed by atoms with Crippen molar-refractivity contribution in [1.82, 2.24) is 9.97 Å². The van der Waals surface area contributed by atoms with Crippen LogP contribution in [-0.4, -0.2) is 17.1 Å². The normalized spacial score (nSPS) is 14.1. The summed E-state index contributed by atoms with van der Waals surface area (Å²) in [5.41, 5.74) is -1.37. The van der Waals surface area contributed by atoms with Crippen molar-refractivity contribution in [2.45, 2.75) is 0 Å². The fourth-order valence-corrected chi connectivity index (χ4v) is 3.40. The molecule has 0 bridgehead atoms. The molecule has 0 spiro atoms. The molecule has 0 amide bonds. The molecule has 94 valence electrons. The summed E-state index contributed by atoms with van der Waals surface area (Å²) < 4.78 is 17.8. The summed E-state index contributed by atoms with van der Waals surface area (Å²) in [6.45, 7) is 0. The van der Waals surface area contributed by atoms with E-state index in [4.69, 9.17) is 4.52 Å². The molecule has 2 aromatic rings. The maximum absolute atomic E-state index is 12.8. The van der Waals surface area contributed by atoms with Crippen LogP contribution < -0.4 is 21.9 Å². The molecule has 1 atom stereocenters. The van der Waals surface area contributed by atoms with Crippen LogP contribution in [0.3, 0.4) is 0 Å². The molecule has 1 heterocycles. The summed E-state index contributed by atoms with van der Waals surface area (Å²) in [6.07, 6.45) is 1.12. The Labute approximate surface area is 102 Å². The Morgan fingerprint density at radius 1 is 1.17 bits per heavy atom. The van der Waals surface area contributed by atoms with E-state index in [1.54, 1.807) is 30.3 Å². The summed E-state index contributed by atoms with van der Waals surface area (Å²) >= 11 is 0. The number of hydrogen-bond donors (Lipinski definition) is 2. The van der Waals surface area contributed by atoms with Gasteiger partial charge in [0.1, 0.15) is 5.30 Å². The zero-order chi connectivity index (χ0) is 13.2. The topological polar surface area (TPSA) is 92.0 Å². The monoisotopic (exact) mass is 266 g/mol. The van der Waals surface area contributed by atoms with E-state index in [0.29, 0.717) is 5.30 Å².